The van der Waals surface area contributed by atoms with E-state index in [2.05, 4.69) is 135 Å². The fourth-order valence-electron chi connectivity index (χ4n) is 7.63. The summed E-state index contributed by atoms with van der Waals surface area (Å²) in [5.74, 6) is -0.415. The second-order valence-electron chi connectivity index (χ2n) is 18.3. The zero-order valence-electron chi connectivity index (χ0n) is 44.1. The van der Waals surface area contributed by atoms with E-state index >= 15 is 0 Å². The fraction of sp³-hybridized carbons (Fsp3) is 0.644. The molecule has 2 heterocycles. The van der Waals surface area contributed by atoms with Crippen LogP contribution in [0, 0.1) is 0 Å². The minimum Gasteiger partial charge on any atom is -0.457 e. The molecule has 0 saturated carbocycles. The standard InChI is InChI=1S/C59H94O14/c1-3-5-7-9-11-13-15-17-19-20-21-22-23-24-25-26-27-29-31-33-35-37-39-41-43-68-45-48(71-51(61)42-40-38-36-34-32-30-28-18-16-14-12-10-8-6-4-2)46-69-58-57(67)55(65)53(63)50(73-58)47-70-59-56(66)54(64)52(62)49(44-60)72-59/h5-8,11-14,17-19,21-22,24-25,27-29,33,35,48-50,52-60,62-67H,3-4,9-10,15-16,20,23,26,30-32,34,36-47H2,1-2H3/b7-5-,8-6-,13-11-,14-12-,19-17-,22-21-,25-24-,28-18-,29-27-,35-33-. The van der Waals surface area contributed by atoms with Crippen molar-refractivity contribution in [2.45, 2.75) is 210 Å². The van der Waals surface area contributed by atoms with Gasteiger partial charge in [0, 0.05) is 13.0 Å². The smallest absolute Gasteiger partial charge is 0.306 e. The van der Waals surface area contributed by atoms with Gasteiger partial charge in [-0.05, 0) is 103 Å². The van der Waals surface area contributed by atoms with Gasteiger partial charge in [-0.1, -0.05) is 155 Å². The van der Waals surface area contributed by atoms with Crippen LogP contribution in [0.4, 0.5) is 0 Å². The van der Waals surface area contributed by atoms with Gasteiger partial charge in [0.25, 0.3) is 0 Å². The van der Waals surface area contributed by atoms with Crippen LogP contribution in [0.1, 0.15) is 142 Å². The third kappa shape index (κ3) is 31.8. The van der Waals surface area contributed by atoms with Gasteiger partial charge in [0.05, 0.1) is 26.4 Å². The Labute approximate surface area is 437 Å². The van der Waals surface area contributed by atoms with Crippen LogP contribution in [0.3, 0.4) is 0 Å². The highest BCUT2D eigenvalue weighted by molar-refractivity contribution is 5.69. The SMILES string of the molecule is CC/C=C\C/C=C\C/C=C\C/C=C\C/C=C\C/C=C\C/C=C\CCCCOCC(COC1OC(COC2OC(CO)C(O)C(O)C2O)C(O)C(O)C1O)OC(=O)CCCCCCC/C=C\C/C=C\C/C=C\CC. The van der Waals surface area contributed by atoms with E-state index in [1.165, 1.54) is 0 Å². The fourth-order valence-corrected chi connectivity index (χ4v) is 7.63. The number of carbonyl (C=O) groups excluding carboxylic acids is 1. The van der Waals surface area contributed by atoms with Crippen LogP contribution in [-0.2, 0) is 33.2 Å². The predicted molar refractivity (Wildman–Crippen MR) is 288 cm³/mol. The van der Waals surface area contributed by atoms with Crippen molar-refractivity contribution in [1.29, 1.82) is 0 Å². The quantitative estimate of drug-likeness (QED) is 0.0173. The Bertz CT molecular complexity index is 1660. The number of carbonyl (C=O) groups is 1. The molecule has 2 aliphatic rings. The van der Waals surface area contributed by atoms with Crippen molar-refractivity contribution in [2.75, 3.05) is 33.0 Å². The van der Waals surface area contributed by atoms with Gasteiger partial charge in [0.1, 0.15) is 54.9 Å². The van der Waals surface area contributed by atoms with E-state index in [0.29, 0.717) is 13.0 Å². The Balaban J connectivity index is 1.77. The van der Waals surface area contributed by atoms with Gasteiger partial charge in [0.2, 0.25) is 0 Å². The number of esters is 1. The number of rotatable bonds is 41. The lowest BCUT2D eigenvalue weighted by Crippen LogP contribution is -2.61. The molecule has 0 amide bonds. The first-order valence-electron chi connectivity index (χ1n) is 27.1. The summed E-state index contributed by atoms with van der Waals surface area (Å²) in [6.07, 6.45) is 45.5. The summed E-state index contributed by atoms with van der Waals surface area (Å²) in [5.41, 5.74) is 0. The van der Waals surface area contributed by atoms with E-state index in [0.717, 1.165) is 116 Å². The molecule has 11 unspecified atom stereocenters. The van der Waals surface area contributed by atoms with Gasteiger partial charge in [-0.15, -0.1) is 0 Å². The molecule has 73 heavy (non-hydrogen) atoms. The number of aliphatic hydroxyl groups excluding tert-OH is 7. The molecule has 0 radical (unpaired) electrons. The van der Waals surface area contributed by atoms with E-state index in [1.54, 1.807) is 0 Å². The van der Waals surface area contributed by atoms with Crippen LogP contribution in [0.15, 0.2) is 122 Å². The molecular formula is C59H94O14. The summed E-state index contributed by atoms with van der Waals surface area (Å²) in [6.45, 7) is 3.28. The molecule has 2 rings (SSSR count). The summed E-state index contributed by atoms with van der Waals surface area (Å²) in [4.78, 5) is 13.0. The van der Waals surface area contributed by atoms with E-state index in [9.17, 15) is 40.5 Å². The second kappa shape index (κ2) is 44.7. The number of unbranched alkanes of at least 4 members (excludes halogenated alkanes) is 7. The molecule has 11 atom stereocenters. The highest BCUT2D eigenvalue weighted by atomic mass is 16.7. The van der Waals surface area contributed by atoms with E-state index < -0.39 is 86.7 Å². The highest BCUT2D eigenvalue weighted by Gasteiger charge is 2.47. The van der Waals surface area contributed by atoms with Crippen LogP contribution in [-0.4, -0.2) is 142 Å². The minimum atomic E-state index is -1.73. The predicted octanol–water partition coefficient (Wildman–Crippen LogP) is 8.96. The molecule has 0 aromatic rings. The Kier molecular flexibility index (Phi) is 40.1. The Hall–Kier alpha value is -3.61. The van der Waals surface area contributed by atoms with Gasteiger partial charge in [-0.3, -0.25) is 4.79 Å². The van der Waals surface area contributed by atoms with Gasteiger partial charge < -0.3 is 64.2 Å². The van der Waals surface area contributed by atoms with E-state index in [1.807, 2.05) is 0 Å². The largest absolute Gasteiger partial charge is 0.457 e. The summed E-state index contributed by atoms with van der Waals surface area (Å²) in [6, 6.07) is 0. The van der Waals surface area contributed by atoms with Crippen molar-refractivity contribution in [3.63, 3.8) is 0 Å². The first-order valence-corrected chi connectivity index (χ1v) is 27.1. The molecule has 14 nitrogen and oxygen atoms in total. The summed E-state index contributed by atoms with van der Waals surface area (Å²) in [7, 11) is 0. The first-order chi connectivity index (χ1) is 35.6. The third-order valence-electron chi connectivity index (χ3n) is 12.0. The lowest BCUT2D eigenvalue weighted by atomic mass is 9.98. The average Bonchev–Trinajstić information content (AvgIpc) is 3.39. The Morgan fingerprint density at radius 3 is 1.33 bits per heavy atom. The van der Waals surface area contributed by atoms with Gasteiger partial charge in [-0.2, -0.15) is 0 Å². The molecule has 0 bridgehead atoms. The van der Waals surface area contributed by atoms with Crippen LogP contribution in [0.25, 0.3) is 0 Å². The molecule has 2 fully saturated rings. The average molecular weight is 1030 g/mol. The summed E-state index contributed by atoms with van der Waals surface area (Å²) in [5, 5.41) is 72.2. The first kappa shape index (κ1) is 65.5. The molecule has 0 spiro atoms. The van der Waals surface area contributed by atoms with Gasteiger partial charge in [-0.25, -0.2) is 0 Å². The number of ether oxygens (including phenoxy) is 6. The van der Waals surface area contributed by atoms with Crippen LogP contribution in [0.5, 0.6) is 0 Å². The van der Waals surface area contributed by atoms with Crippen molar-refractivity contribution in [1.82, 2.24) is 0 Å². The van der Waals surface area contributed by atoms with Crippen molar-refractivity contribution in [2.24, 2.45) is 0 Å². The van der Waals surface area contributed by atoms with Crippen LogP contribution < -0.4 is 0 Å². The van der Waals surface area contributed by atoms with Crippen LogP contribution >= 0.6 is 0 Å². The molecule has 14 heteroatoms. The topological polar surface area (TPSA) is 214 Å². The molecule has 0 aromatic heterocycles. The number of hydrogen-bond donors (Lipinski definition) is 7. The van der Waals surface area contributed by atoms with Crippen molar-refractivity contribution >= 4 is 5.97 Å². The van der Waals surface area contributed by atoms with E-state index in [-0.39, 0.29) is 19.6 Å². The Morgan fingerprint density at radius 2 is 0.849 bits per heavy atom. The third-order valence-corrected chi connectivity index (χ3v) is 12.0. The van der Waals surface area contributed by atoms with Crippen molar-refractivity contribution in [3.8, 4) is 0 Å². The zero-order chi connectivity index (χ0) is 53.0. The maximum Gasteiger partial charge on any atom is 0.306 e. The molecule has 0 aromatic carbocycles. The maximum absolute atomic E-state index is 13.0. The lowest BCUT2D eigenvalue weighted by molar-refractivity contribution is -0.332. The zero-order valence-corrected chi connectivity index (χ0v) is 44.1. The summed E-state index contributed by atoms with van der Waals surface area (Å²) >= 11 is 0. The molecule has 2 aliphatic heterocycles. The van der Waals surface area contributed by atoms with Crippen molar-refractivity contribution < 1.29 is 69.0 Å². The molecular weight excluding hydrogens is 933 g/mol. The highest BCUT2D eigenvalue weighted by Crippen LogP contribution is 2.26. The van der Waals surface area contributed by atoms with E-state index in [4.69, 9.17) is 28.4 Å². The molecule has 414 valence electrons. The minimum absolute atomic E-state index is 0.0150. The lowest BCUT2D eigenvalue weighted by Gasteiger charge is -2.42. The summed E-state index contributed by atoms with van der Waals surface area (Å²) < 4.78 is 34.2. The number of aliphatic hydroxyl groups is 7. The van der Waals surface area contributed by atoms with Gasteiger partial charge >= 0.3 is 5.97 Å². The normalized spacial score (nSPS) is 25.9. The monoisotopic (exact) mass is 1030 g/mol. The molecule has 2 saturated heterocycles. The molecule has 0 aliphatic carbocycles. The molecule has 7 N–H and O–H groups in total. The number of hydrogen-bond acceptors (Lipinski definition) is 14. The maximum atomic E-state index is 13.0. The second-order valence-corrected chi connectivity index (χ2v) is 18.3. The Morgan fingerprint density at radius 1 is 0.452 bits per heavy atom. The number of allylic oxidation sites excluding steroid dienone is 20. The van der Waals surface area contributed by atoms with Crippen molar-refractivity contribution in [3.05, 3.63) is 122 Å². The van der Waals surface area contributed by atoms with Gasteiger partial charge in [0.15, 0.2) is 12.6 Å². The van der Waals surface area contributed by atoms with Crippen LogP contribution in [0.2, 0.25) is 0 Å².